The van der Waals surface area contributed by atoms with Gasteiger partial charge in [-0.05, 0) is 34.7 Å². The van der Waals surface area contributed by atoms with Gasteiger partial charge >= 0.3 is 0 Å². The molecule has 2 heterocycles. The highest BCUT2D eigenvalue weighted by molar-refractivity contribution is 5.98. The van der Waals surface area contributed by atoms with Gasteiger partial charge in [-0.1, -0.05) is 18.2 Å². The molecule has 0 spiro atoms. The molecule has 2 aromatic heterocycles. The molecule has 0 saturated carbocycles. The molecule has 0 saturated heterocycles. The Morgan fingerprint density at radius 3 is 2.95 bits per heavy atom. The number of aliphatic hydroxyl groups excluding tert-OH is 1. The van der Waals surface area contributed by atoms with Gasteiger partial charge in [-0.3, -0.25) is 4.98 Å². The van der Waals surface area contributed by atoms with Crippen LogP contribution in [0.2, 0.25) is 0 Å². The van der Waals surface area contributed by atoms with Crippen LogP contribution in [0, 0.1) is 0 Å². The van der Waals surface area contributed by atoms with Crippen molar-refractivity contribution in [1.29, 1.82) is 0 Å². The van der Waals surface area contributed by atoms with Crippen LogP contribution in [-0.2, 0) is 6.54 Å². The van der Waals surface area contributed by atoms with Crippen LogP contribution in [-0.4, -0.2) is 31.5 Å². The lowest BCUT2D eigenvalue weighted by atomic mass is 10.1. The van der Waals surface area contributed by atoms with Crippen LogP contribution in [0.15, 0.2) is 55.1 Å². The zero-order valence-corrected chi connectivity index (χ0v) is 11.8. The zero-order chi connectivity index (χ0) is 14.9. The molecule has 108 valence electrons. The molecule has 0 atom stereocenters. The molecule has 0 fully saturated rings. The van der Waals surface area contributed by atoms with Crippen LogP contribution < -0.4 is 0 Å². The Morgan fingerprint density at radius 1 is 1.09 bits per heavy atom. The minimum absolute atomic E-state index is 0.0418. The van der Waals surface area contributed by atoms with E-state index in [2.05, 4.69) is 39.3 Å². The van der Waals surface area contributed by atoms with E-state index in [-0.39, 0.29) is 6.61 Å². The Bertz CT molecular complexity index is 915. The Morgan fingerprint density at radius 2 is 2.05 bits per heavy atom. The number of nitrogens with zero attached hydrogens (tertiary/aromatic N) is 4. The molecular weight excluding hydrogens is 276 g/mol. The van der Waals surface area contributed by atoms with Gasteiger partial charge in [0.05, 0.1) is 13.2 Å². The lowest BCUT2D eigenvalue weighted by Gasteiger charge is -2.01. The SMILES string of the molecule is OCCn1ncnc1-c1cc2cccc3cnccc3c-2c1. The van der Waals surface area contributed by atoms with Crippen molar-refractivity contribution in [2.24, 2.45) is 0 Å². The van der Waals surface area contributed by atoms with Crippen LogP contribution in [0.1, 0.15) is 0 Å². The fourth-order valence-electron chi connectivity index (χ4n) is 2.81. The lowest BCUT2D eigenvalue weighted by Crippen LogP contribution is -2.05. The molecule has 0 amide bonds. The van der Waals surface area contributed by atoms with Crippen molar-refractivity contribution in [3.8, 4) is 22.5 Å². The smallest absolute Gasteiger partial charge is 0.158 e. The summed E-state index contributed by atoms with van der Waals surface area (Å²) in [5.41, 5.74) is 3.32. The summed E-state index contributed by atoms with van der Waals surface area (Å²) in [6.07, 6.45) is 5.20. The highest BCUT2D eigenvalue weighted by Crippen LogP contribution is 2.35. The summed E-state index contributed by atoms with van der Waals surface area (Å²) in [7, 11) is 0. The summed E-state index contributed by atoms with van der Waals surface area (Å²) >= 11 is 0. The minimum Gasteiger partial charge on any atom is -0.394 e. The van der Waals surface area contributed by atoms with Crippen molar-refractivity contribution in [3.63, 3.8) is 0 Å². The molecule has 2 aliphatic carbocycles. The fraction of sp³-hybridized carbons (Fsp3) is 0.118. The number of fused-ring (bicyclic) bond motifs is 3. The molecule has 5 nitrogen and oxygen atoms in total. The van der Waals surface area contributed by atoms with Gasteiger partial charge in [-0.25, -0.2) is 9.67 Å². The van der Waals surface area contributed by atoms with Gasteiger partial charge in [0.2, 0.25) is 0 Å². The second kappa shape index (κ2) is 5.20. The summed E-state index contributed by atoms with van der Waals surface area (Å²) < 4.78 is 1.72. The molecule has 2 aromatic rings. The Balaban J connectivity index is 1.95. The third-order valence-electron chi connectivity index (χ3n) is 3.80. The Kier molecular flexibility index (Phi) is 3.05. The maximum absolute atomic E-state index is 9.13. The van der Waals surface area contributed by atoms with Crippen LogP contribution in [0.3, 0.4) is 0 Å². The largest absolute Gasteiger partial charge is 0.394 e. The van der Waals surface area contributed by atoms with Gasteiger partial charge in [0.15, 0.2) is 5.82 Å². The molecule has 1 N–H and O–H groups in total. The van der Waals surface area contributed by atoms with Crippen molar-refractivity contribution in [2.45, 2.75) is 6.54 Å². The summed E-state index contributed by atoms with van der Waals surface area (Å²) in [4.78, 5) is 8.51. The second-order valence-electron chi connectivity index (χ2n) is 5.13. The van der Waals surface area contributed by atoms with Crippen LogP contribution in [0.4, 0.5) is 0 Å². The normalized spacial score (nSPS) is 11.3. The quantitative estimate of drug-likeness (QED) is 0.630. The van der Waals surface area contributed by atoms with E-state index in [9.17, 15) is 0 Å². The van der Waals surface area contributed by atoms with Crippen LogP contribution in [0.25, 0.3) is 33.3 Å². The van der Waals surface area contributed by atoms with E-state index in [1.807, 2.05) is 24.5 Å². The summed E-state index contributed by atoms with van der Waals surface area (Å²) in [5, 5.41) is 15.6. The predicted molar refractivity (Wildman–Crippen MR) is 84.5 cm³/mol. The maximum atomic E-state index is 9.13. The number of hydrogen-bond acceptors (Lipinski definition) is 4. The van der Waals surface area contributed by atoms with E-state index in [0.29, 0.717) is 6.54 Å². The van der Waals surface area contributed by atoms with E-state index < -0.39 is 0 Å². The third kappa shape index (κ3) is 2.03. The average Bonchev–Trinajstić information content (AvgIpc) is 3.12. The van der Waals surface area contributed by atoms with Crippen molar-refractivity contribution >= 4 is 10.8 Å². The topological polar surface area (TPSA) is 63.8 Å². The Labute approximate surface area is 127 Å². The molecule has 0 aliphatic heterocycles. The number of aromatic nitrogens is 4. The van der Waals surface area contributed by atoms with Gasteiger partial charge in [0.25, 0.3) is 0 Å². The van der Waals surface area contributed by atoms with E-state index in [4.69, 9.17) is 5.11 Å². The lowest BCUT2D eigenvalue weighted by molar-refractivity contribution is 0.270. The van der Waals surface area contributed by atoms with Gasteiger partial charge in [-0.2, -0.15) is 5.10 Å². The number of pyridine rings is 1. The number of aliphatic hydroxyl groups is 1. The van der Waals surface area contributed by atoms with Gasteiger partial charge in [0, 0.05) is 23.3 Å². The molecule has 0 unspecified atom stereocenters. The molecule has 22 heavy (non-hydrogen) atoms. The van der Waals surface area contributed by atoms with Crippen molar-refractivity contribution in [2.75, 3.05) is 6.61 Å². The van der Waals surface area contributed by atoms with Gasteiger partial charge in [0.1, 0.15) is 6.33 Å². The molecule has 5 heteroatoms. The first-order valence-electron chi connectivity index (χ1n) is 7.12. The Hall–Kier alpha value is -2.79. The maximum Gasteiger partial charge on any atom is 0.158 e. The predicted octanol–water partition coefficient (Wildman–Crippen LogP) is 2.59. The molecule has 4 rings (SSSR count). The fourth-order valence-corrected chi connectivity index (χ4v) is 2.81. The van der Waals surface area contributed by atoms with Crippen molar-refractivity contribution in [3.05, 3.63) is 55.1 Å². The second-order valence-corrected chi connectivity index (χ2v) is 5.13. The molecule has 2 aliphatic rings. The molecule has 0 bridgehead atoms. The van der Waals surface area contributed by atoms with Crippen molar-refractivity contribution in [1.82, 2.24) is 19.7 Å². The van der Waals surface area contributed by atoms with E-state index >= 15 is 0 Å². The van der Waals surface area contributed by atoms with E-state index in [1.54, 1.807) is 4.68 Å². The first-order chi connectivity index (χ1) is 10.9. The van der Waals surface area contributed by atoms with E-state index in [0.717, 1.165) is 33.3 Å². The minimum atomic E-state index is 0.0418. The average molecular weight is 290 g/mol. The molecule has 0 radical (unpaired) electrons. The molecular formula is C17H14N4O. The molecule has 0 aromatic carbocycles. The van der Waals surface area contributed by atoms with Crippen LogP contribution >= 0.6 is 0 Å². The number of rotatable bonds is 3. The van der Waals surface area contributed by atoms with Gasteiger partial charge in [-0.15, -0.1) is 0 Å². The number of hydrogen-bond donors (Lipinski definition) is 1. The standard InChI is InChI=1S/C17H14N4O/c22-7-6-21-17(19-11-20-21)14-8-12-2-1-3-13-10-18-5-4-15(13)16(12)9-14/h1-5,8-11,22H,6-7H2. The first-order valence-corrected chi connectivity index (χ1v) is 7.12. The summed E-state index contributed by atoms with van der Waals surface area (Å²) in [6, 6.07) is 12.4. The third-order valence-corrected chi connectivity index (χ3v) is 3.80. The summed E-state index contributed by atoms with van der Waals surface area (Å²) in [6.45, 7) is 0.482. The first kappa shape index (κ1) is 12.9. The van der Waals surface area contributed by atoms with Crippen molar-refractivity contribution < 1.29 is 5.11 Å². The van der Waals surface area contributed by atoms with Gasteiger partial charge < -0.3 is 5.11 Å². The van der Waals surface area contributed by atoms with E-state index in [1.165, 1.54) is 6.33 Å². The monoisotopic (exact) mass is 290 g/mol. The highest BCUT2D eigenvalue weighted by Gasteiger charge is 2.14. The van der Waals surface area contributed by atoms with Crippen LogP contribution in [0.5, 0.6) is 0 Å². The summed E-state index contributed by atoms with van der Waals surface area (Å²) in [5.74, 6) is 0.773. The highest BCUT2D eigenvalue weighted by atomic mass is 16.3. The zero-order valence-electron chi connectivity index (χ0n) is 11.8.